The molecule has 1 amide bonds. The van der Waals surface area contributed by atoms with Crippen LogP contribution in [0.3, 0.4) is 0 Å². The maximum atomic E-state index is 12.4. The molecule has 0 saturated carbocycles. The van der Waals surface area contributed by atoms with Crippen LogP contribution in [0.5, 0.6) is 0 Å². The predicted molar refractivity (Wildman–Crippen MR) is 109 cm³/mol. The van der Waals surface area contributed by atoms with Crippen molar-refractivity contribution in [3.63, 3.8) is 0 Å². The van der Waals surface area contributed by atoms with Crippen molar-refractivity contribution in [1.29, 1.82) is 5.26 Å². The van der Waals surface area contributed by atoms with E-state index in [9.17, 15) is 10.1 Å². The van der Waals surface area contributed by atoms with Crippen molar-refractivity contribution in [3.05, 3.63) is 58.2 Å². The number of thioether (sulfide) groups is 1. The normalized spacial score (nSPS) is 12.6. The summed E-state index contributed by atoms with van der Waals surface area (Å²) in [6, 6.07) is 10.4. The van der Waals surface area contributed by atoms with Gasteiger partial charge in [-0.15, -0.1) is 11.3 Å². The number of aryl methyl sites for hydroxylation is 2. The first-order valence-electron chi connectivity index (χ1n) is 8.73. The number of hydrogen-bond acceptors (Lipinski definition) is 5. The number of imidazole rings is 1. The fourth-order valence-corrected chi connectivity index (χ4v) is 5.30. The summed E-state index contributed by atoms with van der Waals surface area (Å²) in [5.41, 5.74) is 3.97. The lowest BCUT2D eigenvalue weighted by Gasteiger charge is -2.08. The van der Waals surface area contributed by atoms with Gasteiger partial charge < -0.3 is 5.32 Å². The summed E-state index contributed by atoms with van der Waals surface area (Å²) in [6.45, 7) is 2.05. The molecule has 0 radical (unpaired) electrons. The zero-order chi connectivity index (χ0) is 18.8. The van der Waals surface area contributed by atoms with Gasteiger partial charge in [0.1, 0.15) is 11.1 Å². The van der Waals surface area contributed by atoms with Crippen LogP contribution in [0.2, 0.25) is 0 Å². The van der Waals surface area contributed by atoms with Gasteiger partial charge in [-0.1, -0.05) is 23.9 Å². The average molecular weight is 395 g/mol. The molecule has 2 heterocycles. The van der Waals surface area contributed by atoms with E-state index in [1.807, 2.05) is 35.9 Å². The molecule has 0 atom stereocenters. The highest BCUT2D eigenvalue weighted by Gasteiger charge is 2.23. The van der Waals surface area contributed by atoms with Crippen molar-refractivity contribution in [2.75, 3.05) is 11.1 Å². The summed E-state index contributed by atoms with van der Waals surface area (Å²) < 4.78 is 1.98. The standard InChI is InChI=1S/C20H18N4OS2/c1-13-4-2-5-14(10-13)24-9-8-22-20(24)26-12-18(25)23-19-16(11-21)15-6-3-7-17(15)27-19/h2,4-5,8-10H,3,6-7,12H2,1H3,(H,23,25). The van der Waals surface area contributed by atoms with E-state index < -0.39 is 0 Å². The van der Waals surface area contributed by atoms with Crippen LogP contribution in [0.4, 0.5) is 5.00 Å². The smallest absolute Gasteiger partial charge is 0.235 e. The number of hydrogen-bond donors (Lipinski definition) is 1. The van der Waals surface area contributed by atoms with Crippen LogP contribution in [0.15, 0.2) is 41.8 Å². The van der Waals surface area contributed by atoms with E-state index in [1.165, 1.54) is 22.2 Å². The second kappa shape index (κ2) is 7.59. The third-order valence-electron chi connectivity index (χ3n) is 4.51. The summed E-state index contributed by atoms with van der Waals surface area (Å²) in [5.74, 6) is 0.131. The van der Waals surface area contributed by atoms with Gasteiger partial charge in [0.15, 0.2) is 5.16 Å². The maximum Gasteiger partial charge on any atom is 0.235 e. The van der Waals surface area contributed by atoms with E-state index in [1.54, 1.807) is 17.5 Å². The topological polar surface area (TPSA) is 70.7 Å². The Morgan fingerprint density at radius 2 is 2.33 bits per heavy atom. The number of anilines is 1. The summed E-state index contributed by atoms with van der Waals surface area (Å²) in [6.07, 6.45) is 6.68. The molecule has 2 aromatic heterocycles. The Balaban J connectivity index is 1.44. The third kappa shape index (κ3) is 3.64. The zero-order valence-electron chi connectivity index (χ0n) is 14.9. The first-order chi connectivity index (χ1) is 13.2. The van der Waals surface area contributed by atoms with Crippen molar-refractivity contribution in [2.24, 2.45) is 0 Å². The van der Waals surface area contributed by atoms with E-state index in [-0.39, 0.29) is 11.7 Å². The number of amides is 1. The van der Waals surface area contributed by atoms with Crippen LogP contribution < -0.4 is 5.32 Å². The molecule has 3 aromatic rings. The van der Waals surface area contributed by atoms with E-state index in [2.05, 4.69) is 22.4 Å². The van der Waals surface area contributed by atoms with Crippen molar-refractivity contribution < 1.29 is 4.79 Å². The van der Waals surface area contributed by atoms with E-state index in [0.717, 1.165) is 35.7 Å². The quantitative estimate of drug-likeness (QED) is 0.654. The number of benzene rings is 1. The summed E-state index contributed by atoms with van der Waals surface area (Å²) in [5, 5.41) is 13.8. The van der Waals surface area contributed by atoms with Crippen LogP contribution in [0.25, 0.3) is 5.69 Å². The molecule has 1 aliphatic rings. The predicted octanol–water partition coefficient (Wildman–Crippen LogP) is 4.33. The number of fused-ring (bicyclic) bond motifs is 1. The Bertz CT molecular complexity index is 1040. The van der Waals surface area contributed by atoms with Gasteiger partial charge in [-0.05, 0) is 49.4 Å². The first kappa shape index (κ1) is 17.8. The SMILES string of the molecule is Cc1cccc(-n2ccnc2SCC(=O)Nc2sc3c(c2C#N)CCC3)c1. The van der Waals surface area contributed by atoms with E-state index in [4.69, 9.17) is 0 Å². The van der Waals surface area contributed by atoms with Gasteiger partial charge in [0.2, 0.25) is 5.91 Å². The molecule has 0 bridgehead atoms. The molecule has 4 rings (SSSR count). The molecule has 7 heteroatoms. The fraction of sp³-hybridized carbons (Fsp3) is 0.250. The minimum Gasteiger partial charge on any atom is -0.316 e. The minimum absolute atomic E-state index is 0.116. The molecule has 0 aliphatic heterocycles. The number of nitrogens with zero attached hydrogens (tertiary/aromatic N) is 3. The monoisotopic (exact) mass is 394 g/mol. The number of carbonyl (C=O) groups is 1. The number of thiophene rings is 1. The lowest BCUT2D eigenvalue weighted by Crippen LogP contribution is -2.14. The number of carbonyl (C=O) groups excluding carboxylic acids is 1. The van der Waals surface area contributed by atoms with Crippen molar-refractivity contribution >= 4 is 34.0 Å². The van der Waals surface area contributed by atoms with Crippen molar-refractivity contribution in [3.8, 4) is 11.8 Å². The van der Waals surface area contributed by atoms with E-state index >= 15 is 0 Å². The van der Waals surface area contributed by atoms with Gasteiger partial charge in [-0.2, -0.15) is 5.26 Å². The highest BCUT2D eigenvalue weighted by atomic mass is 32.2. The average Bonchev–Trinajstić information content (AvgIpc) is 3.35. The number of nitriles is 1. The maximum absolute atomic E-state index is 12.4. The van der Waals surface area contributed by atoms with Crippen LogP contribution in [0, 0.1) is 18.3 Å². The molecule has 1 N–H and O–H groups in total. The molecule has 0 unspecified atom stereocenters. The Kier molecular flexibility index (Phi) is 5.01. The molecule has 27 heavy (non-hydrogen) atoms. The lowest BCUT2D eigenvalue weighted by molar-refractivity contribution is -0.113. The number of nitrogens with one attached hydrogen (secondary N) is 1. The minimum atomic E-state index is -0.116. The molecule has 0 spiro atoms. The second-order valence-electron chi connectivity index (χ2n) is 6.43. The summed E-state index contributed by atoms with van der Waals surface area (Å²) in [7, 11) is 0. The van der Waals surface area contributed by atoms with Gasteiger partial charge in [-0.25, -0.2) is 4.98 Å². The van der Waals surface area contributed by atoms with Gasteiger partial charge in [0.05, 0.1) is 11.3 Å². The third-order valence-corrected chi connectivity index (χ3v) is 6.68. The Morgan fingerprint density at radius 3 is 3.15 bits per heavy atom. The van der Waals surface area contributed by atoms with Crippen LogP contribution in [-0.2, 0) is 17.6 Å². The Labute approximate surface area is 166 Å². The molecule has 1 aliphatic carbocycles. The van der Waals surface area contributed by atoms with Gasteiger partial charge >= 0.3 is 0 Å². The number of aromatic nitrogens is 2. The Morgan fingerprint density at radius 1 is 1.44 bits per heavy atom. The molecule has 5 nitrogen and oxygen atoms in total. The molecular formula is C20H18N4OS2. The highest BCUT2D eigenvalue weighted by Crippen LogP contribution is 2.38. The molecule has 0 saturated heterocycles. The van der Waals surface area contributed by atoms with Gasteiger partial charge in [-0.3, -0.25) is 9.36 Å². The molecule has 0 fully saturated rings. The van der Waals surface area contributed by atoms with Gasteiger partial charge in [0, 0.05) is 23.0 Å². The van der Waals surface area contributed by atoms with Crippen molar-refractivity contribution in [2.45, 2.75) is 31.3 Å². The molecule has 1 aromatic carbocycles. The second-order valence-corrected chi connectivity index (χ2v) is 8.48. The molecular weight excluding hydrogens is 376 g/mol. The summed E-state index contributed by atoms with van der Waals surface area (Å²) in [4.78, 5) is 18.0. The van der Waals surface area contributed by atoms with Crippen LogP contribution in [-0.4, -0.2) is 21.2 Å². The first-order valence-corrected chi connectivity index (χ1v) is 10.5. The number of rotatable bonds is 5. The van der Waals surface area contributed by atoms with Crippen LogP contribution in [0.1, 0.15) is 28.0 Å². The largest absolute Gasteiger partial charge is 0.316 e. The van der Waals surface area contributed by atoms with Crippen molar-refractivity contribution in [1.82, 2.24) is 9.55 Å². The summed E-state index contributed by atoms with van der Waals surface area (Å²) >= 11 is 2.93. The molecule has 136 valence electrons. The highest BCUT2D eigenvalue weighted by molar-refractivity contribution is 7.99. The van der Waals surface area contributed by atoms with Gasteiger partial charge in [0.25, 0.3) is 0 Å². The lowest BCUT2D eigenvalue weighted by atomic mass is 10.1. The fourth-order valence-electron chi connectivity index (χ4n) is 3.27. The van der Waals surface area contributed by atoms with E-state index in [0.29, 0.717) is 10.6 Å². The zero-order valence-corrected chi connectivity index (χ0v) is 16.5. The Hall–Kier alpha value is -2.56. The van der Waals surface area contributed by atoms with Crippen LogP contribution >= 0.6 is 23.1 Å².